The van der Waals surface area contributed by atoms with E-state index in [-0.39, 0.29) is 13.0 Å². The topological polar surface area (TPSA) is 84.9 Å². The number of aliphatic carboxylic acids is 1. The maximum atomic E-state index is 12.2. The number of ether oxygens (including phenoxy) is 2. The minimum atomic E-state index is -1.17. The average Bonchev–Trinajstić information content (AvgIpc) is 2.45. The number of carbonyl (C=O) groups excluding carboxylic acids is 1. The molecule has 8 heteroatoms. The van der Waals surface area contributed by atoms with Gasteiger partial charge in [0.1, 0.15) is 30.7 Å². The highest BCUT2D eigenvalue weighted by molar-refractivity contribution is 14.1. The van der Waals surface area contributed by atoms with Crippen LogP contribution in [0.4, 0.5) is 9.18 Å². The second kappa shape index (κ2) is 9.05. The Kier molecular flexibility index (Phi) is 7.71. The molecule has 1 atom stereocenters. The fourth-order valence-electron chi connectivity index (χ4n) is 1.82. The monoisotopic (exact) mass is 453 g/mol. The second-order valence-electron chi connectivity index (χ2n) is 6.03. The Morgan fingerprint density at radius 2 is 2.04 bits per heavy atom. The number of halogens is 2. The summed E-state index contributed by atoms with van der Waals surface area (Å²) < 4.78 is 23.3. The standard InChI is InChI=1S/C16H21FINO5/c1-16(2,3)24-15(22)19-13(14(20)21)9-10-8-11(23-7-6-17)4-5-12(10)18/h4-5,8,13H,6-7,9H2,1-3H3,(H,19,22)(H,20,21). The van der Waals surface area contributed by atoms with Crippen molar-refractivity contribution in [3.8, 4) is 5.75 Å². The van der Waals surface area contributed by atoms with E-state index >= 15 is 0 Å². The third kappa shape index (κ3) is 7.33. The van der Waals surface area contributed by atoms with Gasteiger partial charge in [-0.3, -0.25) is 0 Å². The average molecular weight is 453 g/mol. The molecule has 0 aliphatic carbocycles. The van der Waals surface area contributed by atoms with E-state index in [1.807, 2.05) is 0 Å². The van der Waals surface area contributed by atoms with Crippen molar-refractivity contribution in [2.24, 2.45) is 0 Å². The van der Waals surface area contributed by atoms with Gasteiger partial charge in [-0.1, -0.05) is 0 Å². The van der Waals surface area contributed by atoms with Crippen molar-refractivity contribution < 1.29 is 28.6 Å². The van der Waals surface area contributed by atoms with Crippen molar-refractivity contribution in [1.82, 2.24) is 5.32 Å². The smallest absolute Gasteiger partial charge is 0.408 e. The van der Waals surface area contributed by atoms with Crippen molar-refractivity contribution in [2.75, 3.05) is 13.3 Å². The number of carboxylic acids is 1. The van der Waals surface area contributed by atoms with E-state index in [2.05, 4.69) is 27.9 Å². The highest BCUT2D eigenvalue weighted by Gasteiger charge is 2.25. The summed E-state index contributed by atoms with van der Waals surface area (Å²) in [7, 11) is 0. The largest absolute Gasteiger partial charge is 0.491 e. The molecule has 1 aromatic carbocycles. The summed E-state index contributed by atoms with van der Waals surface area (Å²) in [5.41, 5.74) is -0.0442. The quantitative estimate of drug-likeness (QED) is 0.620. The molecule has 24 heavy (non-hydrogen) atoms. The fraction of sp³-hybridized carbons (Fsp3) is 0.500. The minimum Gasteiger partial charge on any atom is -0.491 e. The number of hydrogen-bond donors (Lipinski definition) is 2. The van der Waals surface area contributed by atoms with Gasteiger partial charge in [0.25, 0.3) is 0 Å². The highest BCUT2D eigenvalue weighted by Crippen LogP contribution is 2.21. The Morgan fingerprint density at radius 3 is 2.58 bits per heavy atom. The van der Waals surface area contributed by atoms with Gasteiger partial charge in [-0.25, -0.2) is 14.0 Å². The second-order valence-corrected chi connectivity index (χ2v) is 7.19. The molecule has 0 heterocycles. The van der Waals surface area contributed by atoms with Crippen LogP contribution in [0, 0.1) is 3.57 Å². The van der Waals surface area contributed by atoms with Crippen LogP contribution < -0.4 is 10.1 Å². The molecule has 0 aromatic heterocycles. The van der Waals surface area contributed by atoms with E-state index in [1.165, 1.54) is 0 Å². The van der Waals surface area contributed by atoms with Crippen LogP contribution in [-0.2, 0) is 16.0 Å². The van der Waals surface area contributed by atoms with Crippen molar-refractivity contribution in [2.45, 2.75) is 38.8 Å². The number of carboxylic acid groups (broad SMARTS) is 1. The third-order valence-corrected chi connectivity index (χ3v) is 3.83. The lowest BCUT2D eigenvalue weighted by molar-refractivity contribution is -0.139. The molecule has 0 aliphatic heterocycles. The first-order valence-corrected chi connectivity index (χ1v) is 8.40. The van der Waals surface area contributed by atoms with Crippen LogP contribution in [0.3, 0.4) is 0 Å². The number of alkyl halides is 1. The number of benzene rings is 1. The molecule has 0 radical (unpaired) electrons. The van der Waals surface area contributed by atoms with Crippen molar-refractivity contribution in [1.29, 1.82) is 0 Å². The van der Waals surface area contributed by atoms with Crippen LogP contribution >= 0.6 is 22.6 Å². The number of rotatable bonds is 7. The minimum absolute atomic E-state index is 0.0552. The molecule has 1 aromatic rings. The molecular weight excluding hydrogens is 432 g/mol. The van der Waals surface area contributed by atoms with Gasteiger partial charge in [0.05, 0.1) is 0 Å². The van der Waals surface area contributed by atoms with Gasteiger partial charge in [0, 0.05) is 9.99 Å². The zero-order valence-corrected chi connectivity index (χ0v) is 15.9. The van der Waals surface area contributed by atoms with E-state index in [0.717, 1.165) is 3.57 Å². The molecule has 0 fully saturated rings. The maximum absolute atomic E-state index is 12.2. The van der Waals surface area contributed by atoms with Gasteiger partial charge in [-0.05, 0) is 67.1 Å². The number of nitrogens with one attached hydrogen (secondary N) is 1. The van der Waals surface area contributed by atoms with Crippen LogP contribution in [0.25, 0.3) is 0 Å². The lowest BCUT2D eigenvalue weighted by Crippen LogP contribution is -2.44. The third-order valence-electron chi connectivity index (χ3n) is 2.78. The number of hydrogen-bond acceptors (Lipinski definition) is 4. The zero-order valence-electron chi connectivity index (χ0n) is 13.8. The van der Waals surface area contributed by atoms with Crippen molar-refractivity contribution in [3.63, 3.8) is 0 Å². The number of alkyl carbamates (subject to hydrolysis) is 1. The first-order valence-electron chi connectivity index (χ1n) is 7.32. The van der Waals surface area contributed by atoms with Crippen LogP contribution in [0.5, 0.6) is 5.75 Å². The van der Waals surface area contributed by atoms with E-state index in [4.69, 9.17) is 9.47 Å². The summed E-state index contributed by atoms with van der Waals surface area (Å²) in [5, 5.41) is 11.7. The first kappa shape index (κ1) is 20.5. The molecule has 1 amide bonds. The van der Waals surface area contributed by atoms with Crippen LogP contribution in [-0.4, -0.2) is 42.1 Å². The lowest BCUT2D eigenvalue weighted by Gasteiger charge is -2.22. The van der Waals surface area contributed by atoms with Gasteiger partial charge in [-0.15, -0.1) is 0 Å². The summed E-state index contributed by atoms with van der Waals surface area (Å²) in [4.78, 5) is 23.2. The van der Waals surface area contributed by atoms with Crippen LogP contribution in [0.15, 0.2) is 18.2 Å². The van der Waals surface area contributed by atoms with Crippen molar-refractivity contribution >= 4 is 34.7 Å². The summed E-state index contributed by atoms with van der Waals surface area (Å²) in [5.74, 6) is -0.726. The zero-order chi connectivity index (χ0) is 18.3. The Morgan fingerprint density at radius 1 is 1.38 bits per heavy atom. The SMILES string of the molecule is CC(C)(C)OC(=O)NC(Cc1cc(OCCF)ccc1I)C(=O)O. The van der Waals surface area contributed by atoms with Crippen molar-refractivity contribution in [3.05, 3.63) is 27.3 Å². The normalized spacial score (nSPS) is 12.4. The Labute approximate surface area is 153 Å². The van der Waals surface area contributed by atoms with Gasteiger partial charge < -0.3 is 19.9 Å². The number of amides is 1. The van der Waals surface area contributed by atoms with Gasteiger partial charge in [0.15, 0.2) is 0 Å². The Balaban J connectivity index is 2.84. The molecule has 134 valence electrons. The summed E-state index contributed by atoms with van der Waals surface area (Å²) in [6, 6.07) is 3.92. The molecule has 6 nitrogen and oxygen atoms in total. The van der Waals surface area contributed by atoms with Gasteiger partial charge in [-0.2, -0.15) is 0 Å². The highest BCUT2D eigenvalue weighted by atomic mass is 127. The van der Waals surface area contributed by atoms with E-state index in [9.17, 15) is 19.1 Å². The molecule has 2 N–H and O–H groups in total. The molecule has 1 unspecified atom stereocenters. The lowest BCUT2D eigenvalue weighted by atomic mass is 10.1. The molecule has 1 rings (SSSR count). The molecular formula is C16H21FINO5. The predicted octanol–water partition coefficient (Wildman–Crippen LogP) is 3.16. The maximum Gasteiger partial charge on any atom is 0.408 e. The van der Waals surface area contributed by atoms with Gasteiger partial charge >= 0.3 is 12.1 Å². The summed E-state index contributed by atoms with van der Waals surface area (Å²) in [6.07, 6.45) is -0.741. The van der Waals surface area contributed by atoms with Gasteiger partial charge in [0.2, 0.25) is 0 Å². The predicted molar refractivity (Wildman–Crippen MR) is 95.1 cm³/mol. The summed E-state index contributed by atoms with van der Waals surface area (Å²) >= 11 is 2.06. The van der Waals surface area contributed by atoms with Crippen LogP contribution in [0.2, 0.25) is 0 Å². The molecule has 0 saturated heterocycles. The molecule has 0 bridgehead atoms. The van der Waals surface area contributed by atoms with E-state index < -0.39 is 30.4 Å². The molecule has 0 saturated carbocycles. The molecule has 0 aliphatic rings. The Hall–Kier alpha value is -1.58. The molecule has 0 spiro atoms. The van der Waals surface area contributed by atoms with E-state index in [0.29, 0.717) is 11.3 Å². The van der Waals surface area contributed by atoms with E-state index in [1.54, 1.807) is 39.0 Å². The first-order chi connectivity index (χ1) is 11.1. The van der Waals surface area contributed by atoms with Crippen LogP contribution in [0.1, 0.15) is 26.3 Å². The number of carbonyl (C=O) groups is 2. The Bertz CT molecular complexity index is 588. The fourth-order valence-corrected chi connectivity index (χ4v) is 2.38. The summed E-state index contributed by atoms with van der Waals surface area (Å²) in [6.45, 7) is 4.39.